The molecule has 4 rings (SSSR count). The van der Waals surface area contributed by atoms with E-state index >= 15 is 0 Å². The number of fused-ring (bicyclic) bond motifs is 2. The van der Waals surface area contributed by atoms with E-state index in [-0.39, 0.29) is 6.10 Å². The van der Waals surface area contributed by atoms with Crippen molar-refractivity contribution >= 4 is 10.9 Å². The third-order valence-electron chi connectivity index (χ3n) is 3.78. The minimum atomic E-state index is -0.164. The molecule has 3 aromatic rings. The van der Waals surface area contributed by atoms with Gasteiger partial charge in [0.15, 0.2) is 17.6 Å². The minimum absolute atomic E-state index is 0.164. The van der Waals surface area contributed by atoms with E-state index in [4.69, 9.17) is 14.5 Å². The topological polar surface area (TPSA) is 31.4 Å². The van der Waals surface area contributed by atoms with Crippen LogP contribution in [0.3, 0.4) is 0 Å². The van der Waals surface area contributed by atoms with Crippen molar-refractivity contribution in [2.45, 2.75) is 13.0 Å². The predicted molar refractivity (Wildman–Crippen MR) is 81.8 cm³/mol. The van der Waals surface area contributed by atoms with E-state index in [1.807, 2.05) is 42.5 Å². The Balaban J connectivity index is 1.75. The first-order valence-corrected chi connectivity index (χ1v) is 7.06. The van der Waals surface area contributed by atoms with Gasteiger partial charge in [0.05, 0.1) is 11.2 Å². The van der Waals surface area contributed by atoms with Crippen LogP contribution in [0.25, 0.3) is 10.9 Å². The summed E-state index contributed by atoms with van der Waals surface area (Å²) in [4.78, 5) is 4.73. The van der Waals surface area contributed by atoms with Crippen molar-refractivity contribution in [1.82, 2.24) is 4.98 Å². The highest BCUT2D eigenvalue weighted by molar-refractivity contribution is 5.82. The van der Waals surface area contributed by atoms with E-state index in [0.717, 1.165) is 22.7 Å². The molecule has 1 atom stereocenters. The summed E-state index contributed by atoms with van der Waals surface area (Å²) in [5.74, 6) is 1.58. The first kappa shape index (κ1) is 12.2. The Labute approximate surface area is 123 Å². The van der Waals surface area contributed by atoms with Gasteiger partial charge in [-0.1, -0.05) is 30.3 Å². The summed E-state index contributed by atoms with van der Waals surface area (Å²) in [7, 11) is 0. The summed E-state index contributed by atoms with van der Waals surface area (Å²) in [5, 5.41) is 1.18. The number of benzene rings is 2. The van der Waals surface area contributed by atoms with Crippen LogP contribution in [-0.2, 0) is 0 Å². The first-order valence-electron chi connectivity index (χ1n) is 7.06. The Kier molecular flexibility index (Phi) is 2.78. The van der Waals surface area contributed by atoms with Crippen molar-refractivity contribution in [3.8, 4) is 11.5 Å². The van der Waals surface area contributed by atoms with Crippen LogP contribution in [0.5, 0.6) is 11.5 Å². The van der Waals surface area contributed by atoms with Gasteiger partial charge in [-0.25, -0.2) is 4.98 Å². The highest BCUT2D eigenvalue weighted by atomic mass is 16.6. The summed E-state index contributed by atoms with van der Waals surface area (Å²) in [6, 6.07) is 18.0. The Morgan fingerprint density at radius 1 is 1.00 bits per heavy atom. The molecule has 104 valence electrons. The Morgan fingerprint density at radius 2 is 1.76 bits per heavy atom. The average Bonchev–Trinajstić information content (AvgIpc) is 2.54. The van der Waals surface area contributed by atoms with Gasteiger partial charge in [0.1, 0.15) is 6.61 Å². The molecule has 0 fully saturated rings. The molecule has 1 aliphatic rings. The summed E-state index contributed by atoms with van der Waals surface area (Å²) in [6.07, 6.45) is -0.164. The molecule has 0 aliphatic carbocycles. The number of para-hydroxylation sites is 3. The van der Waals surface area contributed by atoms with Crippen LogP contribution in [0.4, 0.5) is 0 Å². The maximum Gasteiger partial charge on any atom is 0.174 e. The Bertz CT molecular complexity index is 813. The number of hydrogen-bond acceptors (Lipinski definition) is 3. The second-order valence-corrected chi connectivity index (χ2v) is 5.25. The molecular weight excluding hydrogens is 262 g/mol. The quantitative estimate of drug-likeness (QED) is 0.672. The number of aryl methyl sites for hydroxylation is 1. The van der Waals surface area contributed by atoms with E-state index in [0.29, 0.717) is 6.61 Å². The smallest absolute Gasteiger partial charge is 0.174 e. The van der Waals surface area contributed by atoms with Crippen LogP contribution in [0.15, 0.2) is 54.6 Å². The van der Waals surface area contributed by atoms with Crippen molar-refractivity contribution < 1.29 is 9.47 Å². The van der Waals surface area contributed by atoms with Crippen LogP contribution < -0.4 is 9.47 Å². The standard InChI is InChI=1S/C18H15NO2/c1-12-10-15(19-14-7-3-2-6-13(12)14)18-11-20-16-8-4-5-9-17(16)21-18/h2-10,18H,11H2,1H3. The zero-order valence-electron chi connectivity index (χ0n) is 11.7. The molecule has 0 N–H and O–H groups in total. The normalized spacial score (nSPS) is 16.9. The van der Waals surface area contributed by atoms with Gasteiger partial charge in [0, 0.05) is 5.39 Å². The number of ether oxygens (including phenoxy) is 2. The van der Waals surface area contributed by atoms with Crippen molar-refractivity contribution in [3.63, 3.8) is 0 Å². The number of nitrogens with zero attached hydrogens (tertiary/aromatic N) is 1. The third-order valence-corrected chi connectivity index (χ3v) is 3.78. The van der Waals surface area contributed by atoms with Crippen LogP contribution >= 0.6 is 0 Å². The van der Waals surface area contributed by atoms with Gasteiger partial charge in [-0.2, -0.15) is 0 Å². The van der Waals surface area contributed by atoms with E-state index in [9.17, 15) is 0 Å². The zero-order chi connectivity index (χ0) is 14.2. The lowest BCUT2D eigenvalue weighted by atomic mass is 10.1. The van der Waals surface area contributed by atoms with Crippen LogP contribution in [0, 0.1) is 6.92 Å². The van der Waals surface area contributed by atoms with Gasteiger partial charge >= 0.3 is 0 Å². The van der Waals surface area contributed by atoms with Crippen molar-refractivity contribution in [2.75, 3.05) is 6.61 Å². The third kappa shape index (κ3) is 2.11. The van der Waals surface area contributed by atoms with E-state index in [1.165, 1.54) is 10.9 Å². The maximum absolute atomic E-state index is 6.03. The van der Waals surface area contributed by atoms with Crippen LogP contribution in [0.1, 0.15) is 17.4 Å². The summed E-state index contributed by atoms with van der Waals surface area (Å²) < 4.78 is 11.8. The molecule has 1 unspecified atom stereocenters. The highest BCUT2D eigenvalue weighted by Crippen LogP contribution is 2.36. The molecule has 21 heavy (non-hydrogen) atoms. The fourth-order valence-corrected chi connectivity index (χ4v) is 2.71. The molecule has 2 aromatic carbocycles. The molecule has 1 aliphatic heterocycles. The Hall–Kier alpha value is -2.55. The molecule has 2 heterocycles. The lowest BCUT2D eigenvalue weighted by molar-refractivity contribution is 0.0885. The average molecular weight is 277 g/mol. The summed E-state index contributed by atoms with van der Waals surface area (Å²) in [5.41, 5.74) is 3.12. The molecular formula is C18H15NO2. The van der Waals surface area contributed by atoms with Gasteiger partial charge in [-0.3, -0.25) is 0 Å². The van der Waals surface area contributed by atoms with E-state index in [1.54, 1.807) is 0 Å². The Morgan fingerprint density at radius 3 is 2.67 bits per heavy atom. The van der Waals surface area contributed by atoms with Crippen molar-refractivity contribution in [1.29, 1.82) is 0 Å². The lowest BCUT2D eigenvalue weighted by Gasteiger charge is -2.26. The van der Waals surface area contributed by atoms with Gasteiger partial charge in [-0.15, -0.1) is 0 Å². The summed E-state index contributed by atoms with van der Waals surface area (Å²) >= 11 is 0. The number of pyridine rings is 1. The molecule has 0 spiro atoms. The zero-order valence-corrected chi connectivity index (χ0v) is 11.7. The number of hydrogen-bond donors (Lipinski definition) is 0. The van der Waals surface area contributed by atoms with Crippen molar-refractivity contribution in [2.24, 2.45) is 0 Å². The number of rotatable bonds is 1. The minimum Gasteiger partial charge on any atom is -0.485 e. The largest absolute Gasteiger partial charge is 0.485 e. The van der Waals surface area contributed by atoms with Gasteiger partial charge in [0.25, 0.3) is 0 Å². The van der Waals surface area contributed by atoms with Gasteiger partial charge < -0.3 is 9.47 Å². The number of aromatic nitrogens is 1. The molecule has 0 amide bonds. The van der Waals surface area contributed by atoms with E-state index < -0.39 is 0 Å². The lowest BCUT2D eigenvalue weighted by Crippen LogP contribution is -2.22. The van der Waals surface area contributed by atoms with E-state index in [2.05, 4.69) is 19.1 Å². The van der Waals surface area contributed by atoms with Gasteiger partial charge in [0.2, 0.25) is 0 Å². The van der Waals surface area contributed by atoms with Crippen LogP contribution in [0.2, 0.25) is 0 Å². The van der Waals surface area contributed by atoms with Crippen molar-refractivity contribution in [3.05, 3.63) is 65.9 Å². The monoisotopic (exact) mass is 277 g/mol. The fraction of sp³-hybridized carbons (Fsp3) is 0.167. The fourth-order valence-electron chi connectivity index (χ4n) is 2.71. The molecule has 3 heteroatoms. The second kappa shape index (κ2) is 4.77. The molecule has 1 aromatic heterocycles. The molecule has 0 bridgehead atoms. The summed E-state index contributed by atoms with van der Waals surface area (Å²) in [6.45, 7) is 2.59. The molecule has 0 saturated heterocycles. The molecule has 3 nitrogen and oxygen atoms in total. The van der Waals surface area contributed by atoms with Gasteiger partial charge in [-0.05, 0) is 36.8 Å². The van der Waals surface area contributed by atoms with Crippen LogP contribution in [-0.4, -0.2) is 11.6 Å². The molecule has 0 saturated carbocycles. The first-order chi connectivity index (χ1) is 10.3. The highest BCUT2D eigenvalue weighted by Gasteiger charge is 2.23. The maximum atomic E-state index is 6.03. The second-order valence-electron chi connectivity index (χ2n) is 5.25. The SMILES string of the molecule is Cc1cc(C2COc3ccccc3O2)nc2ccccc12. The predicted octanol–water partition coefficient (Wildman–Crippen LogP) is 4.06. The molecule has 0 radical (unpaired) electrons.